The van der Waals surface area contributed by atoms with E-state index in [-0.39, 0.29) is 11.3 Å². The SMILES string of the molecule is COc1ccc(NC(=O)c2cc(N)c(F)cc2Br)cc1Br. The van der Waals surface area contributed by atoms with Crippen LogP contribution < -0.4 is 15.8 Å². The Balaban J connectivity index is 2.26. The van der Waals surface area contributed by atoms with Gasteiger partial charge in [0, 0.05) is 10.2 Å². The first-order chi connectivity index (χ1) is 9.92. The molecular formula is C14H11Br2FN2O2. The number of hydrogen-bond donors (Lipinski definition) is 2. The summed E-state index contributed by atoms with van der Waals surface area (Å²) in [7, 11) is 1.55. The Bertz CT molecular complexity index is 708. The van der Waals surface area contributed by atoms with Gasteiger partial charge in [0.25, 0.3) is 5.91 Å². The average Bonchev–Trinajstić information content (AvgIpc) is 2.43. The van der Waals surface area contributed by atoms with Gasteiger partial charge < -0.3 is 15.8 Å². The van der Waals surface area contributed by atoms with E-state index in [0.717, 1.165) is 6.07 Å². The Kier molecular flexibility index (Phi) is 4.84. The Morgan fingerprint density at radius 1 is 1.24 bits per heavy atom. The molecule has 2 aromatic rings. The van der Waals surface area contributed by atoms with Crippen molar-refractivity contribution in [2.45, 2.75) is 0 Å². The van der Waals surface area contributed by atoms with Gasteiger partial charge >= 0.3 is 0 Å². The molecule has 21 heavy (non-hydrogen) atoms. The summed E-state index contributed by atoms with van der Waals surface area (Å²) in [4.78, 5) is 12.2. The highest BCUT2D eigenvalue weighted by molar-refractivity contribution is 9.10. The number of halogens is 3. The number of nitrogen functional groups attached to an aromatic ring is 1. The van der Waals surface area contributed by atoms with Crippen LogP contribution in [0.4, 0.5) is 15.8 Å². The minimum atomic E-state index is -0.578. The summed E-state index contributed by atoms with van der Waals surface area (Å²) in [5.74, 6) is -0.323. The van der Waals surface area contributed by atoms with Gasteiger partial charge in [0.2, 0.25) is 0 Å². The lowest BCUT2D eigenvalue weighted by Gasteiger charge is -2.10. The third kappa shape index (κ3) is 3.54. The molecule has 0 radical (unpaired) electrons. The third-order valence-corrected chi connectivity index (χ3v) is 4.02. The lowest BCUT2D eigenvalue weighted by Crippen LogP contribution is -2.13. The lowest BCUT2D eigenvalue weighted by molar-refractivity contribution is 0.102. The second kappa shape index (κ2) is 6.44. The smallest absolute Gasteiger partial charge is 0.256 e. The summed E-state index contributed by atoms with van der Waals surface area (Å²) in [5, 5.41) is 2.71. The lowest BCUT2D eigenvalue weighted by atomic mass is 10.1. The highest BCUT2D eigenvalue weighted by Gasteiger charge is 2.14. The molecule has 0 unspecified atom stereocenters. The average molecular weight is 418 g/mol. The zero-order valence-electron chi connectivity index (χ0n) is 10.9. The fourth-order valence-corrected chi connectivity index (χ4v) is 2.72. The molecule has 0 atom stereocenters. The maximum absolute atomic E-state index is 13.3. The normalized spacial score (nSPS) is 10.3. The number of hydrogen-bond acceptors (Lipinski definition) is 3. The van der Waals surface area contributed by atoms with Gasteiger partial charge in [0.05, 0.1) is 22.8 Å². The minimum Gasteiger partial charge on any atom is -0.496 e. The largest absolute Gasteiger partial charge is 0.496 e. The number of benzene rings is 2. The van der Waals surface area contributed by atoms with E-state index in [4.69, 9.17) is 10.5 Å². The molecule has 3 N–H and O–H groups in total. The van der Waals surface area contributed by atoms with E-state index in [0.29, 0.717) is 20.4 Å². The zero-order valence-corrected chi connectivity index (χ0v) is 14.1. The number of nitrogens with one attached hydrogen (secondary N) is 1. The molecule has 0 aliphatic carbocycles. The quantitative estimate of drug-likeness (QED) is 0.735. The van der Waals surface area contributed by atoms with E-state index in [1.165, 1.54) is 6.07 Å². The van der Waals surface area contributed by atoms with Crippen LogP contribution in [0, 0.1) is 5.82 Å². The predicted octanol–water partition coefficient (Wildman–Crippen LogP) is 4.19. The van der Waals surface area contributed by atoms with Crippen molar-refractivity contribution in [2.24, 2.45) is 0 Å². The summed E-state index contributed by atoms with van der Waals surface area (Å²) in [6, 6.07) is 7.56. The molecule has 0 bridgehead atoms. The number of carbonyl (C=O) groups excluding carboxylic acids is 1. The highest BCUT2D eigenvalue weighted by atomic mass is 79.9. The number of rotatable bonds is 3. The first-order valence-corrected chi connectivity index (χ1v) is 7.40. The molecule has 0 spiro atoms. The van der Waals surface area contributed by atoms with Gasteiger partial charge in [0.15, 0.2) is 0 Å². The Morgan fingerprint density at radius 3 is 2.57 bits per heavy atom. The predicted molar refractivity (Wildman–Crippen MR) is 87.2 cm³/mol. The van der Waals surface area contributed by atoms with Crippen molar-refractivity contribution in [3.8, 4) is 5.75 Å². The van der Waals surface area contributed by atoms with E-state index in [9.17, 15) is 9.18 Å². The first kappa shape index (κ1) is 15.8. The molecule has 0 heterocycles. The van der Waals surface area contributed by atoms with Gasteiger partial charge in [-0.3, -0.25) is 4.79 Å². The highest BCUT2D eigenvalue weighted by Crippen LogP contribution is 2.29. The number of carbonyl (C=O) groups is 1. The van der Waals surface area contributed by atoms with Crippen molar-refractivity contribution < 1.29 is 13.9 Å². The molecule has 7 heteroatoms. The molecule has 0 aliphatic rings. The van der Waals surface area contributed by atoms with Crippen molar-refractivity contribution >= 4 is 49.1 Å². The maximum atomic E-state index is 13.3. The van der Waals surface area contributed by atoms with Crippen LogP contribution in [0.15, 0.2) is 39.3 Å². The second-order valence-electron chi connectivity index (χ2n) is 4.16. The number of nitrogens with two attached hydrogens (primary N) is 1. The maximum Gasteiger partial charge on any atom is 0.256 e. The molecule has 0 saturated heterocycles. The van der Waals surface area contributed by atoms with Crippen LogP contribution in [0.3, 0.4) is 0 Å². The van der Waals surface area contributed by atoms with Gasteiger partial charge in [-0.25, -0.2) is 4.39 Å². The standard InChI is InChI=1S/C14H11Br2FN2O2/c1-21-13-3-2-7(4-10(13)16)19-14(20)8-5-12(18)11(17)6-9(8)15/h2-6H,18H2,1H3,(H,19,20). The summed E-state index contributed by atoms with van der Waals surface area (Å²) < 4.78 is 19.4. The molecule has 1 amide bonds. The van der Waals surface area contributed by atoms with Crippen molar-refractivity contribution in [1.29, 1.82) is 0 Å². The van der Waals surface area contributed by atoms with Crippen LogP contribution in [-0.2, 0) is 0 Å². The van der Waals surface area contributed by atoms with E-state index in [2.05, 4.69) is 37.2 Å². The van der Waals surface area contributed by atoms with Crippen LogP contribution in [0.1, 0.15) is 10.4 Å². The van der Waals surface area contributed by atoms with Crippen molar-refractivity contribution in [1.82, 2.24) is 0 Å². The topological polar surface area (TPSA) is 64.3 Å². The minimum absolute atomic E-state index is 0.0840. The van der Waals surface area contributed by atoms with Crippen molar-refractivity contribution in [3.05, 3.63) is 50.7 Å². The monoisotopic (exact) mass is 416 g/mol. The van der Waals surface area contributed by atoms with Crippen molar-refractivity contribution in [3.63, 3.8) is 0 Å². The number of anilines is 2. The van der Waals surface area contributed by atoms with E-state index in [1.54, 1.807) is 25.3 Å². The Morgan fingerprint density at radius 2 is 1.95 bits per heavy atom. The van der Waals surface area contributed by atoms with Crippen LogP contribution in [0.5, 0.6) is 5.75 Å². The van der Waals surface area contributed by atoms with Gasteiger partial charge in [0.1, 0.15) is 11.6 Å². The summed E-state index contributed by atoms with van der Waals surface area (Å²) in [5.41, 5.74) is 6.22. The summed E-state index contributed by atoms with van der Waals surface area (Å²) in [6.07, 6.45) is 0. The molecule has 0 fully saturated rings. The third-order valence-electron chi connectivity index (χ3n) is 2.74. The molecule has 2 aromatic carbocycles. The van der Waals surface area contributed by atoms with Gasteiger partial charge in [-0.05, 0) is 62.2 Å². The fraction of sp³-hybridized carbons (Fsp3) is 0.0714. The molecule has 4 nitrogen and oxygen atoms in total. The molecule has 0 aliphatic heterocycles. The van der Waals surface area contributed by atoms with Gasteiger partial charge in [-0.1, -0.05) is 0 Å². The molecule has 0 saturated carbocycles. The second-order valence-corrected chi connectivity index (χ2v) is 5.87. The number of ether oxygens (including phenoxy) is 1. The Hall–Kier alpha value is -1.60. The molecule has 110 valence electrons. The Labute approximate surface area is 137 Å². The molecule has 2 rings (SSSR count). The van der Waals surface area contributed by atoms with Crippen LogP contribution in [0.25, 0.3) is 0 Å². The van der Waals surface area contributed by atoms with Gasteiger partial charge in [-0.15, -0.1) is 0 Å². The van der Waals surface area contributed by atoms with E-state index < -0.39 is 11.7 Å². The number of amides is 1. The zero-order chi connectivity index (χ0) is 15.6. The van der Waals surface area contributed by atoms with Crippen LogP contribution in [0.2, 0.25) is 0 Å². The van der Waals surface area contributed by atoms with Crippen LogP contribution in [-0.4, -0.2) is 13.0 Å². The van der Waals surface area contributed by atoms with E-state index >= 15 is 0 Å². The van der Waals surface area contributed by atoms with Crippen LogP contribution >= 0.6 is 31.9 Å². The van der Waals surface area contributed by atoms with Crippen molar-refractivity contribution in [2.75, 3.05) is 18.2 Å². The first-order valence-electron chi connectivity index (χ1n) is 5.81. The fourth-order valence-electron chi connectivity index (χ4n) is 1.68. The number of methoxy groups -OCH3 is 1. The summed E-state index contributed by atoms with van der Waals surface area (Å²) in [6.45, 7) is 0. The van der Waals surface area contributed by atoms with Gasteiger partial charge in [-0.2, -0.15) is 0 Å². The molecule has 0 aromatic heterocycles. The molecular weight excluding hydrogens is 407 g/mol. The summed E-state index contributed by atoms with van der Waals surface area (Å²) >= 11 is 6.48. The van der Waals surface area contributed by atoms with E-state index in [1.807, 2.05) is 0 Å².